The van der Waals surface area contributed by atoms with Crippen molar-refractivity contribution in [3.8, 4) is 0 Å². The minimum atomic E-state index is -0.217. The highest BCUT2D eigenvalue weighted by atomic mass is 16.5. The van der Waals surface area contributed by atoms with Gasteiger partial charge in [-0.05, 0) is 30.2 Å². The Kier molecular flexibility index (Phi) is 6.25. The number of carbonyl (C=O) groups is 1. The molecule has 7 heteroatoms. The second-order valence-electron chi connectivity index (χ2n) is 4.58. The summed E-state index contributed by atoms with van der Waals surface area (Å²) in [5.74, 6) is 0.201. The lowest BCUT2D eigenvalue weighted by Crippen LogP contribution is -2.26. The molecule has 2 heterocycles. The van der Waals surface area contributed by atoms with E-state index in [1.54, 1.807) is 31.8 Å². The van der Waals surface area contributed by atoms with Gasteiger partial charge >= 0.3 is 0 Å². The zero-order chi connectivity index (χ0) is 15.6. The second kappa shape index (κ2) is 8.68. The van der Waals surface area contributed by atoms with Gasteiger partial charge in [-0.25, -0.2) is 9.97 Å². The molecule has 0 bridgehead atoms. The van der Waals surface area contributed by atoms with Gasteiger partial charge in [0.05, 0.1) is 0 Å². The van der Waals surface area contributed by atoms with Gasteiger partial charge in [0, 0.05) is 45.4 Å². The summed E-state index contributed by atoms with van der Waals surface area (Å²) < 4.78 is 4.93. The van der Waals surface area contributed by atoms with Crippen LogP contribution in [0.4, 0.5) is 5.95 Å². The van der Waals surface area contributed by atoms with Gasteiger partial charge in [-0.1, -0.05) is 0 Å². The van der Waals surface area contributed by atoms with Crippen LogP contribution in [0.3, 0.4) is 0 Å². The van der Waals surface area contributed by atoms with E-state index in [2.05, 4.69) is 25.6 Å². The van der Waals surface area contributed by atoms with Crippen LogP contribution in [-0.4, -0.2) is 41.1 Å². The van der Waals surface area contributed by atoms with Crippen molar-refractivity contribution in [2.45, 2.75) is 13.0 Å². The average molecular weight is 301 g/mol. The van der Waals surface area contributed by atoms with Gasteiger partial charge in [0.15, 0.2) is 0 Å². The van der Waals surface area contributed by atoms with Gasteiger partial charge in [-0.2, -0.15) is 0 Å². The third kappa shape index (κ3) is 5.10. The van der Waals surface area contributed by atoms with Gasteiger partial charge < -0.3 is 15.4 Å². The van der Waals surface area contributed by atoms with Crippen LogP contribution in [0, 0.1) is 0 Å². The Hall–Kier alpha value is -2.54. The fraction of sp³-hybridized carbons (Fsp3) is 0.333. The third-order valence-corrected chi connectivity index (χ3v) is 2.90. The molecule has 2 rings (SSSR count). The summed E-state index contributed by atoms with van der Waals surface area (Å²) in [7, 11) is 1.63. The second-order valence-corrected chi connectivity index (χ2v) is 4.58. The number of methoxy groups -OCH3 is 1. The lowest BCUT2D eigenvalue weighted by molar-refractivity contribution is 0.0943. The highest BCUT2D eigenvalue weighted by Crippen LogP contribution is 2.04. The number of nitrogens with zero attached hydrogens (tertiary/aromatic N) is 3. The normalized spacial score (nSPS) is 10.2. The van der Waals surface area contributed by atoms with Gasteiger partial charge in [0.25, 0.3) is 5.91 Å². The first-order valence-corrected chi connectivity index (χ1v) is 7.02. The molecule has 0 unspecified atom stereocenters. The van der Waals surface area contributed by atoms with E-state index in [0.29, 0.717) is 31.3 Å². The molecule has 0 saturated carbocycles. The van der Waals surface area contributed by atoms with Crippen LogP contribution in [0.5, 0.6) is 0 Å². The number of carbonyl (C=O) groups excluding carboxylic acids is 1. The van der Waals surface area contributed by atoms with Crippen molar-refractivity contribution in [2.75, 3.05) is 25.6 Å². The lowest BCUT2D eigenvalue weighted by atomic mass is 10.3. The van der Waals surface area contributed by atoms with Crippen molar-refractivity contribution >= 4 is 11.9 Å². The first-order valence-electron chi connectivity index (χ1n) is 7.02. The van der Waals surface area contributed by atoms with Crippen LogP contribution in [-0.2, 0) is 11.3 Å². The first kappa shape index (κ1) is 15.8. The molecule has 2 N–H and O–H groups in total. The molecule has 7 nitrogen and oxygen atoms in total. The predicted octanol–water partition coefficient (Wildman–Crippen LogP) is 1.25. The Morgan fingerprint density at radius 1 is 1.23 bits per heavy atom. The number of aromatic nitrogens is 3. The number of hydrogen-bond acceptors (Lipinski definition) is 6. The number of nitrogens with one attached hydrogen (secondary N) is 2. The molecule has 0 fully saturated rings. The quantitative estimate of drug-likeness (QED) is 0.713. The van der Waals surface area contributed by atoms with E-state index < -0.39 is 0 Å². The highest BCUT2D eigenvalue weighted by molar-refractivity contribution is 5.92. The summed E-state index contributed by atoms with van der Waals surface area (Å²) in [4.78, 5) is 24.2. The van der Waals surface area contributed by atoms with E-state index in [4.69, 9.17) is 4.74 Å². The maximum atomic E-state index is 12.0. The SMILES string of the molecule is COCCCNC(=O)c1ccnc(NCc2ccncc2)n1. The number of pyridine rings is 1. The van der Waals surface area contributed by atoms with Gasteiger partial charge in [0.2, 0.25) is 5.95 Å². The third-order valence-electron chi connectivity index (χ3n) is 2.90. The van der Waals surface area contributed by atoms with Crippen LogP contribution in [0.1, 0.15) is 22.5 Å². The van der Waals surface area contributed by atoms with Crippen molar-refractivity contribution in [3.05, 3.63) is 48.0 Å². The molecule has 0 radical (unpaired) electrons. The smallest absolute Gasteiger partial charge is 0.270 e. The standard InChI is InChI=1S/C15H19N5O2/c1-22-10-2-6-17-14(21)13-5-9-18-15(20-13)19-11-12-3-7-16-8-4-12/h3-5,7-9H,2,6,10-11H2,1H3,(H,17,21)(H,18,19,20). The van der Waals surface area contributed by atoms with Gasteiger partial charge in [-0.3, -0.25) is 9.78 Å². The molecule has 0 saturated heterocycles. The first-order chi connectivity index (χ1) is 10.8. The highest BCUT2D eigenvalue weighted by Gasteiger charge is 2.08. The van der Waals surface area contributed by atoms with Crippen LogP contribution < -0.4 is 10.6 Å². The molecule has 0 aliphatic heterocycles. The van der Waals surface area contributed by atoms with Crippen LogP contribution in [0.2, 0.25) is 0 Å². The fourth-order valence-corrected chi connectivity index (χ4v) is 1.76. The number of ether oxygens (including phenoxy) is 1. The Morgan fingerprint density at radius 3 is 2.82 bits per heavy atom. The molecular formula is C15H19N5O2. The van der Waals surface area contributed by atoms with E-state index in [1.807, 2.05) is 12.1 Å². The summed E-state index contributed by atoms with van der Waals surface area (Å²) in [6.45, 7) is 1.74. The monoisotopic (exact) mass is 301 g/mol. The molecule has 2 aromatic rings. The van der Waals surface area contributed by atoms with E-state index in [9.17, 15) is 4.79 Å². The molecule has 2 aromatic heterocycles. The molecule has 0 aromatic carbocycles. The minimum absolute atomic E-state index is 0.217. The zero-order valence-electron chi connectivity index (χ0n) is 12.5. The summed E-state index contributed by atoms with van der Waals surface area (Å²) in [6, 6.07) is 5.39. The minimum Gasteiger partial charge on any atom is -0.385 e. The van der Waals surface area contributed by atoms with Crippen LogP contribution >= 0.6 is 0 Å². The maximum absolute atomic E-state index is 12.0. The van der Waals surface area contributed by atoms with Crippen molar-refractivity contribution in [3.63, 3.8) is 0 Å². The number of rotatable bonds is 8. The Balaban J connectivity index is 1.87. The lowest BCUT2D eigenvalue weighted by Gasteiger charge is -2.07. The molecule has 0 aliphatic carbocycles. The van der Waals surface area contributed by atoms with E-state index in [0.717, 1.165) is 12.0 Å². The van der Waals surface area contributed by atoms with Gasteiger partial charge in [0.1, 0.15) is 5.69 Å². The van der Waals surface area contributed by atoms with Crippen molar-refractivity contribution in [2.24, 2.45) is 0 Å². The molecule has 22 heavy (non-hydrogen) atoms. The largest absolute Gasteiger partial charge is 0.385 e. The fourth-order valence-electron chi connectivity index (χ4n) is 1.76. The van der Waals surface area contributed by atoms with E-state index >= 15 is 0 Å². The van der Waals surface area contributed by atoms with Crippen molar-refractivity contribution in [1.82, 2.24) is 20.3 Å². The van der Waals surface area contributed by atoms with E-state index in [1.165, 1.54) is 0 Å². The number of hydrogen-bond donors (Lipinski definition) is 2. The predicted molar refractivity (Wildman–Crippen MR) is 82.4 cm³/mol. The molecule has 0 aliphatic rings. The molecule has 1 amide bonds. The molecular weight excluding hydrogens is 282 g/mol. The van der Waals surface area contributed by atoms with E-state index in [-0.39, 0.29) is 5.91 Å². The maximum Gasteiger partial charge on any atom is 0.270 e. The summed E-state index contributed by atoms with van der Waals surface area (Å²) in [6.07, 6.45) is 5.77. The zero-order valence-corrected chi connectivity index (χ0v) is 12.5. The Bertz CT molecular complexity index is 591. The van der Waals surface area contributed by atoms with Crippen molar-refractivity contribution in [1.29, 1.82) is 0 Å². The number of amides is 1. The average Bonchev–Trinajstić information content (AvgIpc) is 2.58. The Labute approximate surface area is 129 Å². The number of anilines is 1. The van der Waals surface area contributed by atoms with Crippen LogP contribution in [0.25, 0.3) is 0 Å². The summed E-state index contributed by atoms with van der Waals surface area (Å²) in [5.41, 5.74) is 1.40. The van der Waals surface area contributed by atoms with Crippen LogP contribution in [0.15, 0.2) is 36.8 Å². The summed E-state index contributed by atoms with van der Waals surface area (Å²) in [5, 5.41) is 5.87. The Morgan fingerprint density at radius 2 is 2.05 bits per heavy atom. The molecule has 116 valence electrons. The molecule has 0 atom stereocenters. The van der Waals surface area contributed by atoms with Crippen molar-refractivity contribution < 1.29 is 9.53 Å². The van der Waals surface area contributed by atoms with Gasteiger partial charge in [-0.15, -0.1) is 0 Å². The topological polar surface area (TPSA) is 89.0 Å². The summed E-state index contributed by atoms with van der Waals surface area (Å²) >= 11 is 0. The molecule has 0 spiro atoms.